The summed E-state index contributed by atoms with van der Waals surface area (Å²) >= 11 is 0. The Morgan fingerprint density at radius 1 is 0.770 bits per heavy atom. The van der Waals surface area contributed by atoms with E-state index in [2.05, 4.69) is 56.0 Å². The number of carbonyl (C=O) groups is 3. The topological polar surface area (TPSA) is 108 Å². The van der Waals surface area contributed by atoms with Crippen molar-refractivity contribution in [2.24, 2.45) is 5.92 Å². The lowest BCUT2D eigenvalue weighted by Crippen LogP contribution is -3.00. The molecule has 1 saturated heterocycles. The summed E-state index contributed by atoms with van der Waals surface area (Å²) in [6.45, 7) is 1.25. The third-order valence-electron chi connectivity index (χ3n) is 11.6. The minimum absolute atomic E-state index is 0. The van der Waals surface area contributed by atoms with Crippen LogP contribution in [-0.4, -0.2) is 73.9 Å². The molecule has 1 fully saturated rings. The second-order valence-corrected chi connectivity index (χ2v) is 16.9. The number of unbranched alkanes of at least 4 members (excludes halogenated alkanes) is 1. The minimum Gasteiger partial charge on any atom is -1.00 e. The van der Waals surface area contributed by atoms with Crippen LogP contribution in [0.25, 0.3) is 11.1 Å². The molecule has 320 valence electrons. The summed E-state index contributed by atoms with van der Waals surface area (Å²) < 4.78 is 33.9. The maximum Gasteiger partial charge on any atom is 0.407 e. The van der Waals surface area contributed by atoms with Crippen LogP contribution >= 0.6 is 0 Å². The Morgan fingerprint density at radius 2 is 1.34 bits per heavy atom. The molecule has 0 spiro atoms. The summed E-state index contributed by atoms with van der Waals surface area (Å²) in [7, 11) is 6.35. The summed E-state index contributed by atoms with van der Waals surface area (Å²) in [5.74, 6) is -2.22. The van der Waals surface area contributed by atoms with Gasteiger partial charge < -0.3 is 42.3 Å². The van der Waals surface area contributed by atoms with Gasteiger partial charge in [0.15, 0.2) is 0 Å². The second-order valence-electron chi connectivity index (χ2n) is 16.9. The van der Waals surface area contributed by atoms with Crippen molar-refractivity contribution < 1.29 is 49.9 Å². The molecule has 4 unspecified atom stereocenters. The van der Waals surface area contributed by atoms with E-state index in [1.54, 1.807) is 29.2 Å². The summed E-state index contributed by atoms with van der Waals surface area (Å²) in [5, 5.41) is 17.2. The van der Waals surface area contributed by atoms with Crippen LogP contribution < -0.4 is 27.9 Å². The minimum atomic E-state index is -0.980. The number of nitrogens with one attached hydrogen (secondary N) is 2. The molecule has 0 saturated carbocycles. The molecule has 1 heterocycles. The molecule has 7 rings (SSSR count). The third kappa shape index (κ3) is 10.8. The average Bonchev–Trinajstić information content (AvgIpc) is 3.56. The molecule has 5 aromatic rings. The number of nitrogens with zero attached hydrogens (tertiary/aromatic N) is 2. The zero-order chi connectivity index (χ0) is 42.4. The molecular weight excluding hydrogens is 798 g/mol. The van der Waals surface area contributed by atoms with Gasteiger partial charge in [-0.2, -0.15) is 0 Å². The molecule has 5 aromatic carbocycles. The van der Waals surface area contributed by atoms with E-state index >= 15 is 0 Å². The first-order valence-corrected chi connectivity index (χ1v) is 20.7. The number of β-lactam (4-membered cyclic amide) rings is 1. The van der Waals surface area contributed by atoms with Crippen molar-refractivity contribution in [2.45, 2.75) is 62.8 Å². The van der Waals surface area contributed by atoms with E-state index in [0.717, 1.165) is 62.8 Å². The highest BCUT2D eigenvalue weighted by Gasteiger charge is 2.52. The number of aliphatic hydroxyl groups excluding tert-OH is 1. The van der Waals surface area contributed by atoms with Crippen molar-refractivity contribution in [3.63, 3.8) is 0 Å². The van der Waals surface area contributed by atoms with Crippen LogP contribution in [-0.2, 0) is 27.3 Å². The first-order valence-electron chi connectivity index (χ1n) is 20.7. The number of quaternary nitrogens is 1. The summed E-state index contributed by atoms with van der Waals surface area (Å²) in [5.41, 5.74) is 7.40. The Kier molecular flexibility index (Phi) is 14.6. The summed E-state index contributed by atoms with van der Waals surface area (Å²) in [6.07, 6.45) is 1.17. The van der Waals surface area contributed by atoms with Gasteiger partial charge in [-0.05, 0) is 107 Å². The Balaban J connectivity index is 0.00000622. The second kappa shape index (κ2) is 19.8. The van der Waals surface area contributed by atoms with Gasteiger partial charge in [0.2, 0.25) is 11.8 Å². The quantitative estimate of drug-likeness (QED) is 0.0689. The van der Waals surface area contributed by atoms with Gasteiger partial charge in [-0.25, -0.2) is 13.6 Å². The van der Waals surface area contributed by atoms with Crippen molar-refractivity contribution in [3.8, 4) is 11.1 Å². The fraction of sp³-hybridized carbons (Fsp3) is 0.327. The highest BCUT2D eigenvalue weighted by molar-refractivity contribution is 6.03. The van der Waals surface area contributed by atoms with Crippen molar-refractivity contribution in [2.75, 3.05) is 39.2 Å². The monoisotopic (exact) mass is 850 g/mol. The van der Waals surface area contributed by atoms with Crippen molar-refractivity contribution >= 4 is 23.6 Å². The number of alkyl carbamates (subject to hydrolysis) is 1. The van der Waals surface area contributed by atoms with Crippen LogP contribution in [0.15, 0.2) is 121 Å². The predicted molar refractivity (Wildman–Crippen MR) is 228 cm³/mol. The normalized spacial score (nSPS) is 16.7. The van der Waals surface area contributed by atoms with Crippen LogP contribution in [0.3, 0.4) is 0 Å². The number of benzene rings is 5. The number of fused-ring (bicyclic) bond motifs is 3. The van der Waals surface area contributed by atoms with Crippen LogP contribution in [0.4, 0.5) is 19.3 Å². The number of amides is 3. The first-order chi connectivity index (χ1) is 28.9. The van der Waals surface area contributed by atoms with Gasteiger partial charge in [0, 0.05) is 18.2 Å². The molecular formula is C49H53ClF2N4O5. The SMILES string of the molecule is C[N+](C)(C)CCCCC(NC(=O)OCC1c2ccccc2-c2ccccc21)C(=O)NCc1ccc(C2C(C(O)CCc3ccc(F)cc3)C(=O)N2c2ccc(F)cc2)cc1.[Cl-]. The number of aryl methyl sites for hydroxylation is 1. The van der Waals surface area contributed by atoms with Crippen molar-refractivity contribution in [1.82, 2.24) is 10.6 Å². The first kappa shape index (κ1) is 44.9. The number of aliphatic hydroxyl groups is 1. The van der Waals surface area contributed by atoms with Gasteiger partial charge >= 0.3 is 6.09 Å². The number of hydrogen-bond donors (Lipinski definition) is 3. The molecule has 0 radical (unpaired) electrons. The number of rotatable bonds is 17. The highest BCUT2D eigenvalue weighted by Crippen LogP contribution is 2.46. The number of hydrogen-bond acceptors (Lipinski definition) is 5. The molecule has 4 atom stereocenters. The van der Waals surface area contributed by atoms with E-state index in [9.17, 15) is 28.3 Å². The Hall–Kier alpha value is -5.62. The smallest absolute Gasteiger partial charge is 0.407 e. The van der Waals surface area contributed by atoms with E-state index < -0.39 is 36.0 Å². The van der Waals surface area contributed by atoms with E-state index in [1.807, 2.05) is 48.5 Å². The Morgan fingerprint density at radius 3 is 1.95 bits per heavy atom. The Bertz CT molecular complexity index is 2240. The molecule has 2 aliphatic rings. The average molecular weight is 851 g/mol. The molecule has 9 nitrogen and oxygen atoms in total. The highest BCUT2D eigenvalue weighted by atomic mass is 35.5. The van der Waals surface area contributed by atoms with Crippen molar-refractivity contribution in [3.05, 3.63) is 161 Å². The van der Waals surface area contributed by atoms with Gasteiger partial charge in [0.1, 0.15) is 24.3 Å². The van der Waals surface area contributed by atoms with Gasteiger partial charge in [0.25, 0.3) is 0 Å². The van der Waals surface area contributed by atoms with Crippen molar-refractivity contribution in [1.29, 1.82) is 0 Å². The van der Waals surface area contributed by atoms with Gasteiger partial charge in [-0.1, -0.05) is 84.9 Å². The zero-order valence-electron chi connectivity index (χ0n) is 34.7. The number of halogens is 3. The zero-order valence-corrected chi connectivity index (χ0v) is 35.5. The standard InChI is InChI=1S/C49H52F2N4O5.ClH/c1-55(2,3)29-9-8-14-43(53-49(59)60-31-42-40-12-6-4-10-38(40)39-11-5-7-13-41(39)42)47(57)52-30-33-15-20-34(21-16-33)46-45(44(56)28-19-32-17-22-35(50)23-18-32)48(58)54(46)37-26-24-36(51)25-27-37;/h4-7,10-13,15-18,20-27,42-46,56H,8-9,14,19,28-31H2,1-3H3,(H-,52,53,57,59);1H. The molecule has 0 aromatic heterocycles. The number of ether oxygens (including phenoxy) is 1. The molecule has 3 N–H and O–H groups in total. The van der Waals surface area contributed by atoms with Gasteiger partial charge in [0.05, 0.1) is 45.8 Å². The van der Waals surface area contributed by atoms with Crippen LogP contribution in [0, 0.1) is 17.6 Å². The number of anilines is 1. The fourth-order valence-electron chi connectivity index (χ4n) is 8.41. The van der Waals surface area contributed by atoms with E-state index in [0.29, 0.717) is 24.9 Å². The maximum absolute atomic E-state index is 13.8. The molecule has 1 aliphatic carbocycles. The lowest BCUT2D eigenvalue weighted by atomic mass is 9.76. The van der Waals surface area contributed by atoms with Crippen LogP contribution in [0.5, 0.6) is 0 Å². The summed E-state index contributed by atoms with van der Waals surface area (Å²) in [4.78, 5) is 42.2. The van der Waals surface area contributed by atoms with Crippen LogP contribution in [0.2, 0.25) is 0 Å². The molecule has 3 amide bonds. The predicted octanol–water partition coefficient (Wildman–Crippen LogP) is 5.07. The van der Waals surface area contributed by atoms with Gasteiger partial charge in [-0.15, -0.1) is 0 Å². The third-order valence-corrected chi connectivity index (χ3v) is 11.6. The molecule has 61 heavy (non-hydrogen) atoms. The van der Waals surface area contributed by atoms with Gasteiger partial charge in [-0.3, -0.25) is 9.59 Å². The Labute approximate surface area is 362 Å². The maximum atomic E-state index is 13.8. The van der Waals surface area contributed by atoms with E-state index in [1.165, 1.54) is 24.3 Å². The lowest BCUT2D eigenvalue weighted by molar-refractivity contribution is -0.870. The van der Waals surface area contributed by atoms with E-state index in [4.69, 9.17) is 4.74 Å². The summed E-state index contributed by atoms with van der Waals surface area (Å²) in [6, 6.07) is 34.1. The lowest BCUT2D eigenvalue weighted by Gasteiger charge is -2.49. The van der Waals surface area contributed by atoms with Crippen LogP contribution in [0.1, 0.15) is 65.5 Å². The largest absolute Gasteiger partial charge is 1.00 e. The number of carbonyl (C=O) groups excluding carboxylic acids is 3. The molecule has 0 bridgehead atoms. The molecule has 1 aliphatic heterocycles. The molecule has 12 heteroatoms. The fourth-order valence-corrected chi connectivity index (χ4v) is 8.41. The van der Waals surface area contributed by atoms with E-state index in [-0.39, 0.29) is 49.1 Å².